The van der Waals surface area contributed by atoms with Gasteiger partial charge in [-0.1, -0.05) is 39.3 Å². The lowest BCUT2D eigenvalue weighted by Crippen LogP contribution is -2.43. The number of carbonyl (C=O) groups excluding carboxylic acids is 1. The third kappa shape index (κ3) is 5.53. The number of halogens is 1. The van der Waals surface area contributed by atoms with Gasteiger partial charge in [-0.3, -0.25) is 0 Å². The smallest absolute Gasteiger partial charge is 0.404 e. The maximum absolute atomic E-state index is 11.0. The highest BCUT2D eigenvalue weighted by Crippen LogP contribution is 2.32. The molecule has 1 amide bonds. The molecule has 1 aliphatic heterocycles. The first kappa shape index (κ1) is 23.7. The monoisotopic (exact) mass is 433 g/mol. The number of amides is 1. The van der Waals surface area contributed by atoms with Crippen molar-refractivity contribution in [2.24, 2.45) is 11.1 Å². The molecule has 30 heavy (non-hydrogen) atoms. The fourth-order valence-corrected chi connectivity index (χ4v) is 3.73. The molecule has 0 saturated carbocycles. The number of primary amides is 1. The lowest BCUT2D eigenvalue weighted by molar-refractivity contribution is -0.0968. The number of hydrogen-bond donors (Lipinski definition) is 1. The van der Waals surface area contributed by atoms with Crippen LogP contribution in [0.4, 0.5) is 10.6 Å². The zero-order chi connectivity index (χ0) is 22.5. The molecule has 1 fully saturated rings. The van der Waals surface area contributed by atoms with Gasteiger partial charge in [-0.25, -0.2) is 9.78 Å². The number of ether oxygens (including phenoxy) is 2. The number of aromatic nitrogens is 1. The van der Waals surface area contributed by atoms with E-state index < -0.39 is 6.09 Å². The molecule has 162 valence electrons. The number of nitrogens with two attached hydrogens (primary N) is 1. The molecule has 2 rings (SSSR count). The Morgan fingerprint density at radius 3 is 2.37 bits per heavy atom. The molecule has 1 aromatic rings. The van der Waals surface area contributed by atoms with Crippen molar-refractivity contribution in [2.75, 3.05) is 24.6 Å². The lowest BCUT2D eigenvalue weighted by atomic mass is 9.89. The van der Waals surface area contributed by atoms with Crippen LogP contribution in [0.5, 0.6) is 0 Å². The zero-order valence-corrected chi connectivity index (χ0v) is 18.6. The van der Waals surface area contributed by atoms with E-state index in [1.807, 2.05) is 32.6 Å². The predicted octanol–water partition coefficient (Wildman–Crippen LogP) is 3.54. The molecule has 0 aromatic carbocycles. The topological polar surface area (TPSA) is 125 Å². The number of nitriles is 2. The number of rotatable bonds is 6. The molecule has 0 radical (unpaired) electrons. The van der Waals surface area contributed by atoms with Crippen LogP contribution in [-0.4, -0.2) is 43.0 Å². The summed E-state index contributed by atoms with van der Waals surface area (Å²) in [6.07, 6.45) is 0.830. The molecule has 0 spiro atoms. The first-order chi connectivity index (χ1) is 14.1. The van der Waals surface area contributed by atoms with E-state index in [0.717, 1.165) is 12.8 Å². The summed E-state index contributed by atoms with van der Waals surface area (Å²) in [4.78, 5) is 17.3. The Labute approximate surface area is 182 Å². The molecule has 1 unspecified atom stereocenters. The van der Waals surface area contributed by atoms with E-state index in [9.17, 15) is 15.3 Å². The number of hydrogen-bond acceptors (Lipinski definition) is 7. The van der Waals surface area contributed by atoms with E-state index in [1.54, 1.807) is 0 Å². The van der Waals surface area contributed by atoms with Crippen LogP contribution >= 0.6 is 11.6 Å². The Morgan fingerprint density at radius 2 is 1.90 bits per heavy atom. The van der Waals surface area contributed by atoms with Gasteiger partial charge < -0.3 is 20.1 Å². The van der Waals surface area contributed by atoms with Gasteiger partial charge in [-0.2, -0.15) is 10.5 Å². The maximum Gasteiger partial charge on any atom is 0.404 e. The summed E-state index contributed by atoms with van der Waals surface area (Å²) in [5.74, 6) is 0.515. The van der Waals surface area contributed by atoms with Gasteiger partial charge in [0.15, 0.2) is 0 Å². The third-order valence-electron chi connectivity index (χ3n) is 5.26. The maximum atomic E-state index is 11.0. The highest BCUT2D eigenvalue weighted by molar-refractivity contribution is 6.30. The Balaban J connectivity index is 2.14. The molecular formula is C21H28ClN5O3. The average molecular weight is 434 g/mol. The van der Waals surface area contributed by atoms with Crippen LogP contribution < -0.4 is 10.6 Å². The largest absolute Gasteiger partial charge is 0.447 e. The van der Waals surface area contributed by atoms with Crippen LogP contribution in [0, 0.1) is 28.1 Å². The molecule has 8 nitrogen and oxygen atoms in total. The summed E-state index contributed by atoms with van der Waals surface area (Å²) in [6.45, 7) is 9.31. The lowest BCUT2D eigenvalue weighted by Gasteiger charge is -2.38. The molecule has 0 bridgehead atoms. The normalized spacial score (nSPS) is 15.9. The standard InChI is InChI=1S/C21H28ClN5O3/c1-5-14-15(10-23)18(22)26-19(16(14)11-24)27-8-6-13(7-9-27)30-17(21(2,3)4)12-29-20(25)28/h13,17H,5-9,12H2,1-4H3,(H2,25,28). The van der Waals surface area contributed by atoms with Gasteiger partial charge in [0.25, 0.3) is 0 Å². The highest BCUT2D eigenvalue weighted by atomic mass is 35.5. The quantitative estimate of drug-likeness (QED) is 0.680. The van der Waals surface area contributed by atoms with Crippen molar-refractivity contribution in [3.05, 3.63) is 21.8 Å². The zero-order valence-electron chi connectivity index (χ0n) is 17.9. The van der Waals surface area contributed by atoms with Crippen LogP contribution in [0.25, 0.3) is 0 Å². The van der Waals surface area contributed by atoms with Gasteiger partial charge in [0.2, 0.25) is 0 Å². The minimum Gasteiger partial charge on any atom is -0.447 e. The van der Waals surface area contributed by atoms with Gasteiger partial charge >= 0.3 is 6.09 Å². The average Bonchev–Trinajstić information content (AvgIpc) is 2.69. The van der Waals surface area contributed by atoms with Crippen LogP contribution in [-0.2, 0) is 15.9 Å². The number of anilines is 1. The van der Waals surface area contributed by atoms with Crippen molar-refractivity contribution in [3.63, 3.8) is 0 Å². The molecule has 2 N–H and O–H groups in total. The van der Waals surface area contributed by atoms with E-state index in [2.05, 4.69) is 17.1 Å². The highest BCUT2D eigenvalue weighted by Gasteiger charge is 2.32. The first-order valence-corrected chi connectivity index (χ1v) is 10.3. The summed E-state index contributed by atoms with van der Waals surface area (Å²) >= 11 is 6.22. The fraction of sp³-hybridized carbons (Fsp3) is 0.619. The first-order valence-electron chi connectivity index (χ1n) is 9.97. The van der Waals surface area contributed by atoms with E-state index in [4.69, 9.17) is 26.8 Å². The Bertz CT molecular complexity index is 861. The second-order valence-corrected chi connectivity index (χ2v) is 8.70. The fourth-order valence-electron chi connectivity index (χ4n) is 3.49. The number of pyridine rings is 1. The Kier molecular flexibility index (Phi) is 7.89. The third-order valence-corrected chi connectivity index (χ3v) is 5.53. The van der Waals surface area contributed by atoms with Crippen LogP contribution in [0.1, 0.15) is 57.2 Å². The number of carbonyl (C=O) groups is 1. The summed E-state index contributed by atoms with van der Waals surface area (Å²) in [7, 11) is 0. The number of nitrogens with zero attached hydrogens (tertiary/aromatic N) is 4. The van der Waals surface area contributed by atoms with Crippen LogP contribution in [0.15, 0.2) is 0 Å². The molecule has 1 aliphatic rings. The van der Waals surface area contributed by atoms with E-state index in [-0.39, 0.29) is 34.9 Å². The summed E-state index contributed by atoms with van der Waals surface area (Å²) in [6, 6.07) is 4.25. The molecule has 1 saturated heterocycles. The molecule has 1 aromatic heterocycles. The summed E-state index contributed by atoms with van der Waals surface area (Å²) < 4.78 is 11.2. The van der Waals surface area contributed by atoms with E-state index in [0.29, 0.717) is 36.5 Å². The van der Waals surface area contributed by atoms with Gasteiger partial charge in [-0.05, 0) is 30.2 Å². The molecule has 2 heterocycles. The van der Waals surface area contributed by atoms with Crippen molar-refractivity contribution in [1.29, 1.82) is 10.5 Å². The predicted molar refractivity (Wildman–Crippen MR) is 113 cm³/mol. The van der Waals surface area contributed by atoms with E-state index >= 15 is 0 Å². The SMILES string of the molecule is CCc1c(C#N)c(Cl)nc(N2CCC(OC(COC(N)=O)C(C)(C)C)CC2)c1C#N. The molecule has 9 heteroatoms. The Hall–Kier alpha value is -2.55. The van der Waals surface area contributed by atoms with Gasteiger partial charge in [-0.15, -0.1) is 0 Å². The van der Waals surface area contributed by atoms with Crippen molar-refractivity contribution >= 4 is 23.5 Å². The van der Waals surface area contributed by atoms with Gasteiger partial charge in [0, 0.05) is 13.1 Å². The van der Waals surface area contributed by atoms with Crippen LogP contribution in [0.3, 0.4) is 0 Å². The number of piperidine rings is 1. The molecular weight excluding hydrogens is 406 g/mol. The van der Waals surface area contributed by atoms with E-state index in [1.165, 1.54) is 0 Å². The molecule has 1 atom stereocenters. The second-order valence-electron chi connectivity index (χ2n) is 8.34. The van der Waals surface area contributed by atoms with Crippen molar-refractivity contribution in [2.45, 2.75) is 59.2 Å². The van der Waals surface area contributed by atoms with Crippen molar-refractivity contribution in [1.82, 2.24) is 4.98 Å². The summed E-state index contributed by atoms with van der Waals surface area (Å²) in [5.41, 5.74) is 6.17. The van der Waals surface area contributed by atoms with Crippen molar-refractivity contribution in [3.8, 4) is 12.1 Å². The summed E-state index contributed by atoms with van der Waals surface area (Å²) in [5, 5.41) is 19.2. The second kappa shape index (κ2) is 9.97. The van der Waals surface area contributed by atoms with Crippen molar-refractivity contribution < 1.29 is 14.3 Å². The minimum absolute atomic E-state index is 0.0213. The van der Waals surface area contributed by atoms with Gasteiger partial charge in [0.05, 0.1) is 23.3 Å². The molecule has 0 aliphatic carbocycles. The minimum atomic E-state index is -0.817. The van der Waals surface area contributed by atoms with Crippen LogP contribution in [0.2, 0.25) is 5.15 Å². The Morgan fingerprint density at radius 1 is 1.30 bits per heavy atom. The van der Waals surface area contributed by atoms with Gasteiger partial charge in [0.1, 0.15) is 29.7 Å².